The van der Waals surface area contributed by atoms with Crippen LogP contribution in [0.5, 0.6) is 11.5 Å². The summed E-state index contributed by atoms with van der Waals surface area (Å²) in [5.74, 6) is 0.427. The maximum absolute atomic E-state index is 12.7. The van der Waals surface area contributed by atoms with Crippen molar-refractivity contribution >= 4 is 21.6 Å². The van der Waals surface area contributed by atoms with Gasteiger partial charge in [0.05, 0.1) is 23.0 Å². The molecule has 0 bridgehead atoms. The molecular formula is C23H29N3O7S. The molecule has 0 spiro atoms. The lowest BCUT2D eigenvalue weighted by atomic mass is 10.0. The van der Waals surface area contributed by atoms with Crippen LogP contribution in [-0.4, -0.2) is 50.4 Å². The number of benzene rings is 2. The number of carbonyl (C=O) groups is 1. The van der Waals surface area contributed by atoms with Gasteiger partial charge in [0.1, 0.15) is 5.75 Å². The Labute approximate surface area is 199 Å². The fraction of sp³-hybridized carbons (Fsp3) is 0.435. The monoisotopic (exact) mass is 491 g/mol. The molecule has 1 unspecified atom stereocenters. The van der Waals surface area contributed by atoms with Crippen molar-refractivity contribution in [3.05, 3.63) is 58.1 Å². The van der Waals surface area contributed by atoms with E-state index in [-0.39, 0.29) is 29.8 Å². The van der Waals surface area contributed by atoms with Gasteiger partial charge in [-0.25, -0.2) is 8.42 Å². The molecule has 3 rings (SSSR count). The first-order valence-electron chi connectivity index (χ1n) is 11.1. The number of methoxy groups -OCH3 is 1. The summed E-state index contributed by atoms with van der Waals surface area (Å²) in [5.41, 5.74) is 0.420. The summed E-state index contributed by atoms with van der Waals surface area (Å²) in [6, 6.07) is 10.7. The van der Waals surface area contributed by atoms with Crippen LogP contribution < -0.4 is 14.8 Å². The average molecular weight is 492 g/mol. The zero-order valence-corrected chi connectivity index (χ0v) is 20.2. The van der Waals surface area contributed by atoms with E-state index in [0.717, 1.165) is 24.5 Å². The first-order valence-corrected chi connectivity index (χ1v) is 12.5. The Balaban J connectivity index is 1.72. The minimum Gasteiger partial charge on any atom is -0.497 e. The van der Waals surface area contributed by atoms with Crippen LogP contribution in [0.2, 0.25) is 0 Å². The molecule has 2 aromatic rings. The molecule has 1 amide bonds. The molecule has 1 aliphatic rings. The van der Waals surface area contributed by atoms with Crippen LogP contribution in [-0.2, 0) is 14.8 Å². The van der Waals surface area contributed by atoms with Crippen LogP contribution in [0.1, 0.15) is 38.3 Å². The predicted molar refractivity (Wildman–Crippen MR) is 125 cm³/mol. The van der Waals surface area contributed by atoms with E-state index in [2.05, 4.69) is 5.32 Å². The van der Waals surface area contributed by atoms with Crippen molar-refractivity contribution in [3.8, 4) is 11.5 Å². The minimum absolute atomic E-state index is 0.175. The van der Waals surface area contributed by atoms with Gasteiger partial charge in [0.2, 0.25) is 10.0 Å². The average Bonchev–Trinajstić information content (AvgIpc) is 3.67. The number of carbonyl (C=O) groups excluding carboxylic acids is 1. The summed E-state index contributed by atoms with van der Waals surface area (Å²) >= 11 is 0. The molecule has 10 nitrogen and oxygen atoms in total. The van der Waals surface area contributed by atoms with Crippen LogP contribution in [0.15, 0.2) is 47.4 Å². The highest BCUT2D eigenvalue weighted by atomic mass is 32.2. The van der Waals surface area contributed by atoms with Gasteiger partial charge in [0.15, 0.2) is 12.4 Å². The van der Waals surface area contributed by atoms with E-state index in [1.165, 1.54) is 16.4 Å². The van der Waals surface area contributed by atoms with Gasteiger partial charge in [0, 0.05) is 19.2 Å². The van der Waals surface area contributed by atoms with Gasteiger partial charge in [-0.1, -0.05) is 26.0 Å². The fourth-order valence-corrected chi connectivity index (χ4v) is 5.19. The second-order valence-electron chi connectivity index (χ2n) is 7.92. The van der Waals surface area contributed by atoms with Crippen LogP contribution >= 0.6 is 0 Å². The number of ether oxygens (including phenoxy) is 2. The number of sulfonamides is 1. The van der Waals surface area contributed by atoms with E-state index in [1.54, 1.807) is 21.0 Å². The quantitative estimate of drug-likeness (QED) is 0.356. The molecule has 1 N–H and O–H groups in total. The summed E-state index contributed by atoms with van der Waals surface area (Å²) in [5, 5.41) is 14.5. The first-order chi connectivity index (χ1) is 16.2. The number of hydrogen-bond donors (Lipinski definition) is 1. The lowest BCUT2D eigenvalue weighted by molar-refractivity contribution is -0.386. The van der Waals surface area contributed by atoms with Gasteiger partial charge in [-0.3, -0.25) is 14.9 Å². The summed E-state index contributed by atoms with van der Waals surface area (Å²) in [6.45, 7) is 3.41. The summed E-state index contributed by atoms with van der Waals surface area (Å²) in [6.07, 6.45) is 1.98. The van der Waals surface area contributed by atoms with Crippen molar-refractivity contribution in [2.45, 2.75) is 37.6 Å². The number of nitro benzene ring substituents is 1. The SMILES string of the molecule is CCN(CC)S(=O)(=O)c1ccc(OCC(=O)NC(c2ccc(OC)cc2)C2CC2)c([N+](=O)[O-])c1. The molecule has 1 saturated carbocycles. The summed E-state index contributed by atoms with van der Waals surface area (Å²) < 4.78 is 37.2. The smallest absolute Gasteiger partial charge is 0.312 e. The Morgan fingerprint density at radius 1 is 1.18 bits per heavy atom. The highest BCUT2D eigenvalue weighted by molar-refractivity contribution is 7.89. The maximum Gasteiger partial charge on any atom is 0.312 e. The Kier molecular flexibility index (Phi) is 8.11. The van der Waals surface area contributed by atoms with E-state index >= 15 is 0 Å². The molecule has 0 saturated heterocycles. The molecule has 0 radical (unpaired) electrons. The Morgan fingerprint density at radius 3 is 2.35 bits per heavy atom. The minimum atomic E-state index is -3.87. The van der Waals surface area contributed by atoms with Crippen LogP contribution in [0.3, 0.4) is 0 Å². The van der Waals surface area contributed by atoms with Crippen LogP contribution in [0.4, 0.5) is 5.69 Å². The molecule has 0 heterocycles. The number of nitro groups is 1. The Bertz CT molecular complexity index is 1130. The van der Waals surface area contributed by atoms with Gasteiger partial charge in [-0.15, -0.1) is 0 Å². The third kappa shape index (κ3) is 5.84. The first kappa shape index (κ1) is 25.4. The lowest BCUT2D eigenvalue weighted by Gasteiger charge is -2.20. The van der Waals surface area contributed by atoms with E-state index in [1.807, 2.05) is 24.3 Å². The Hall–Kier alpha value is -3.18. The van der Waals surface area contributed by atoms with Crippen molar-refractivity contribution in [3.63, 3.8) is 0 Å². The van der Waals surface area contributed by atoms with E-state index in [4.69, 9.17) is 9.47 Å². The lowest BCUT2D eigenvalue weighted by Crippen LogP contribution is -2.33. The molecule has 1 aliphatic carbocycles. The molecule has 184 valence electrons. The van der Waals surface area contributed by atoms with Crippen molar-refractivity contribution in [2.24, 2.45) is 5.92 Å². The molecule has 11 heteroatoms. The largest absolute Gasteiger partial charge is 0.497 e. The molecule has 0 aromatic heterocycles. The van der Waals surface area contributed by atoms with Crippen molar-refractivity contribution in [1.29, 1.82) is 0 Å². The highest BCUT2D eigenvalue weighted by Crippen LogP contribution is 2.41. The normalized spacial score (nSPS) is 14.5. The fourth-order valence-electron chi connectivity index (χ4n) is 3.71. The predicted octanol–water partition coefficient (Wildman–Crippen LogP) is 3.28. The third-order valence-corrected chi connectivity index (χ3v) is 7.76. The zero-order valence-electron chi connectivity index (χ0n) is 19.4. The second-order valence-corrected chi connectivity index (χ2v) is 9.86. The van der Waals surface area contributed by atoms with E-state index in [0.29, 0.717) is 11.7 Å². The van der Waals surface area contributed by atoms with Gasteiger partial charge in [-0.05, 0) is 48.6 Å². The van der Waals surface area contributed by atoms with Gasteiger partial charge in [0.25, 0.3) is 5.91 Å². The van der Waals surface area contributed by atoms with Crippen LogP contribution in [0.25, 0.3) is 0 Å². The topological polar surface area (TPSA) is 128 Å². The van der Waals surface area contributed by atoms with Gasteiger partial charge >= 0.3 is 5.69 Å². The summed E-state index contributed by atoms with van der Waals surface area (Å²) in [7, 11) is -2.29. The molecular weight excluding hydrogens is 462 g/mol. The zero-order chi connectivity index (χ0) is 24.9. The summed E-state index contributed by atoms with van der Waals surface area (Å²) in [4.78, 5) is 23.2. The number of nitrogens with zero attached hydrogens (tertiary/aromatic N) is 2. The van der Waals surface area contributed by atoms with Crippen molar-refractivity contribution in [2.75, 3.05) is 26.8 Å². The van der Waals surface area contributed by atoms with Gasteiger partial charge in [-0.2, -0.15) is 4.31 Å². The van der Waals surface area contributed by atoms with Crippen molar-refractivity contribution < 1.29 is 27.6 Å². The van der Waals surface area contributed by atoms with E-state index < -0.39 is 33.1 Å². The van der Waals surface area contributed by atoms with Crippen LogP contribution in [0, 0.1) is 16.0 Å². The van der Waals surface area contributed by atoms with E-state index in [9.17, 15) is 23.3 Å². The number of nitrogens with one attached hydrogen (secondary N) is 1. The van der Waals surface area contributed by atoms with Crippen molar-refractivity contribution in [1.82, 2.24) is 9.62 Å². The molecule has 1 fully saturated rings. The highest BCUT2D eigenvalue weighted by Gasteiger charge is 2.33. The maximum atomic E-state index is 12.7. The Morgan fingerprint density at radius 2 is 1.82 bits per heavy atom. The number of hydrogen-bond acceptors (Lipinski definition) is 7. The number of amides is 1. The third-order valence-electron chi connectivity index (χ3n) is 5.71. The molecule has 2 aromatic carbocycles. The second kappa shape index (κ2) is 10.8. The molecule has 34 heavy (non-hydrogen) atoms. The van der Waals surface area contributed by atoms with Gasteiger partial charge < -0.3 is 14.8 Å². The number of rotatable bonds is 12. The molecule has 1 atom stereocenters. The molecule has 0 aliphatic heterocycles. The standard InChI is InChI=1S/C23H29N3O7S/c1-4-25(5-2)34(30,31)19-12-13-21(20(14-19)26(28)29)33-15-22(27)24-23(16-6-7-16)17-8-10-18(32-3)11-9-17/h8-14,16,23H,4-7,15H2,1-3H3,(H,24,27).